The van der Waals surface area contributed by atoms with Crippen molar-refractivity contribution in [2.45, 2.75) is 19.9 Å². The molecule has 0 aliphatic rings. The van der Waals surface area contributed by atoms with Crippen molar-refractivity contribution in [3.05, 3.63) is 36.8 Å². The number of amides is 1. The van der Waals surface area contributed by atoms with Crippen LogP contribution in [0.5, 0.6) is 0 Å². The lowest BCUT2D eigenvalue weighted by atomic mass is 10.3. The van der Waals surface area contributed by atoms with Crippen LogP contribution < -0.4 is 10.6 Å². The molecule has 0 saturated carbocycles. The number of rotatable bonds is 7. The molecule has 0 aliphatic carbocycles. The van der Waals surface area contributed by atoms with Crippen molar-refractivity contribution in [3.8, 4) is 0 Å². The van der Waals surface area contributed by atoms with Crippen LogP contribution in [0.25, 0.3) is 11.0 Å². The maximum absolute atomic E-state index is 11.9. The maximum atomic E-state index is 11.9. The Morgan fingerprint density at radius 2 is 2.08 bits per heavy atom. The molecular formula is C15H18N8O. The number of aromatic nitrogens is 6. The fourth-order valence-electron chi connectivity index (χ4n) is 2.22. The van der Waals surface area contributed by atoms with E-state index in [0.717, 1.165) is 29.8 Å². The van der Waals surface area contributed by atoms with Crippen molar-refractivity contribution in [3.63, 3.8) is 0 Å². The zero-order valence-electron chi connectivity index (χ0n) is 13.3. The van der Waals surface area contributed by atoms with E-state index in [-0.39, 0.29) is 11.6 Å². The van der Waals surface area contributed by atoms with Crippen LogP contribution in [0.15, 0.2) is 31.1 Å². The fourth-order valence-corrected chi connectivity index (χ4v) is 2.22. The number of nitrogens with zero attached hydrogens (tertiary/aromatic N) is 6. The van der Waals surface area contributed by atoms with E-state index in [1.165, 1.54) is 24.9 Å². The highest BCUT2D eigenvalue weighted by Crippen LogP contribution is 2.18. The number of nitrogens with one attached hydrogen (secondary N) is 2. The molecule has 0 aromatic carbocycles. The largest absolute Gasteiger partial charge is 0.369 e. The predicted octanol–water partition coefficient (Wildman–Crippen LogP) is 0.868. The Morgan fingerprint density at radius 3 is 2.88 bits per heavy atom. The van der Waals surface area contributed by atoms with Gasteiger partial charge in [0.15, 0.2) is 5.65 Å². The molecule has 0 spiro atoms. The van der Waals surface area contributed by atoms with Crippen LogP contribution in [-0.2, 0) is 6.54 Å². The second-order valence-corrected chi connectivity index (χ2v) is 5.10. The van der Waals surface area contributed by atoms with Crippen molar-refractivity contribution >= 4 is 22.8 Å². The quantitative estimate of drug-likeness (QED) is 0.662. The molecule has 2 N–H and O–H groups in total. The molecule has 0 bridgehead atoms. The molecule has 3 aromatic heterocycles. The number of anilines is 1. The zero-order chi connectivity index (χ0) is 16.8. The Labute approximate surface area is 138 Å². The lowest BCUT2D eigenvalue weighted by Crippen LogP contribution is -2.28. The third kappa shape index (κ3) is 3.45. The first-order valence-corrected chi connectivity index (χ1v) is 7.74. The maximum Gasteiger partial charge on any atom is 0.271 e. The molecule has 0 unspecified atom stereocenters. The third-order valence-electron chi connectivity index (χ3n) is 3.38. The van der Waals surface area contributed by atoms with Crippen molar-refractivity contribution in [1.82, 2.24) is 35.0 Å². The molecule has 3 rings (SSSR count). The number of carbonyl (C=O) groups is 1. The molecule has 124 valence electrons. The highest BCUT2D eigenvalue weighted by molar-refractivity contribution is 5.91. The molecule has 0 fully saturated rings. The molecule has 0 saturated heterocycles. The average molecular weight is 326 g/mol. The van der Waals surface area contributed by atoms with Crippen LogP contribution in [0.3, 0.4) is 0 Å². The molecule has 0 atom stereocenters. The van der Waals surface area contributed by atoms with Gasteiger partial charge in [0, 0.05) is 25.5 Å². The Kier molecular flexibility index (Phi) is 4.90. The SMILES string of the molecule is CCCNc1ncnc2c1cnn2CCNC(=O)c1cnccn1. The standard InChI is InChI=1S/C15H18N8O/c1-2-3-18-13-11-8-22-23(14(11)21-10-20-13)7-6-19-15(24)12-9-16-4-5-17-12/h4-5,8-10H,2-3,6-7H2,1H3,(H,19,24)(H,18,20,21). The summed E-state index contributed by atoms with van der Waals surface area (Å²) in [5, 5.41) is 11.2. The van der Waals surface area contributed by atoms with Gasteiger partial charge in [-0.2, -0.15) is 5.10 Å². The van der Waals surface area contributed by atoms with Gasteiger partial charge >= 0.3 is 0 Å². The molecule has 0 aliphatic heterocycles. The zero-order valence-corrected chi connectivity index (χ0v) is 13.3. The van der Waals surface area contributed by atoms with Gasteiger partial charge in [-0.3, -0.25) is 9.78 Å². The predicted molar refractivity (Wildman–Crippen MR) is 88.5 cm³/mol. The van der Waals surface area contributed by atoms with E-state index in [1.807, 2.05) is 0 Å². The van der Waals surface area contributed by atoms with Crippen LogP contribution in [-0.4, -0.2) is 48.7 Å². The Balaban J connectivity index is 1.64. The Bertz CT molecular complexity index is 817. The number of fused-ring (bicyclic) bond motifs is 1. The van der Waals surface area contributed by atoms with Crippen molar-refractivity contribution in [2.75, 3.05) is 18.4 Å². The summed E-state index contributed by atoms with van der Waals surface area (Å²) in [4.78, 5) is 28.3. The summed E-state index contributed by atoms with van der Waals surface area (Å²) in [5.74, 6) is 0.510. The smallest absolute Gasteiger partial charge is 0.271 e. The Hall–Kier alpha value is -3.10. The normalized spacial score (nSPS) is 10.7. The molecule has 3 heterocycles. The van der Waals surface area contributed by atoms with Gasteiger partial charge in [0.1, 0.15) is 17.8 Å². The second-order valence-electron chi connectivity index (χ2n) is 5.10. The molecule has 1 amide bonds. The lowest BCUT2D eigenvalue weighted by molar-refractivity contribution is 0.0946. The molecule has 9 nitrogen and oxygen atoms in total. The van der Waals surface area contributed by atoms with Crippen LogP contribution >= 0.6 is 0 Å². The summed E-state index contributed by atoms with van der Waals surface area (Å²) >= 11 is 0. The highest BCUT2D eigenvalue weighted by Gasteiger charge is 2.10. The van der Waals surface area contributed by atoms with E-state index in [2.05, 4.69) is 42.6 Å². The monoisotopic (exact) mass is 326 g/mol. The van der Waals surface area contributed by atoms with Crippen molar-refractivity contribution in [1.29, 1.82) is 0 Å². The van der Waals surface area contributed by atoms with Gasteiger partial charge in [0.25, 0.3) is 5.91 Å². The van der Waals surface area contributed by atoms with E-state index in [9.17, 15) is 4.79 Å². The van der Waals surface area contributed by atoms with Gasteiger partial charge in [-0.05, 0) is 6.42 Å². The summed E-state index contributed by atoms with van der Waals surface area (Å²) in [6.45, 7) is 3.84. The minimum absolute atomic E-state index is 0.264. The topological polar surface area (TPSA) is 111 Å². The molecule has 9 heteroatoms. The van der Waals surface area contributed by atoms with Crippen molar-refractivity contribution < 1.29 is 4.79 Å². The second kappa shape index (κ2) is 7.44. The highest BCUT2D eigenvalue weighted by atomic mass is 16.1. The first-order chi connectivity index (χ1) is 11.8. The number of hydrogen-bond donors (Lipinski definition) is 2. The van der Waals surface area contributed by atoms with Crippen LogP contribution in [0.2, 0.25) is 0 Å². The van der Waals surface area contributed by atoms with E-state index in [4.69, 9.17) is 0 Å². The summed E-state index contributed by atoms with van der Waals surface area (Å²) in [6, 6.07) is 0. The average Bonchev–Trinajstić information content (AvgIpc) is 3.04. The minimum Gasteiger partial charge on any atom is -0.369 e. The lowest BCUT2D eigenvalue weighted by Gasteiger charge is -2.06. The third-order valence-corrected chi connectivity index (χ3v) is 3.38. The summed E-state index contributed by atoms with van der Waals surface area (Å²) < 4.78 is 1.74. The van der Waals surface area contributed by atoms with Gasteiger partial charge in [0.2, 0.25) is 0 Å². The van der Waals surface area contributed by atoms with E-state index >= 15 is 0 Å². The first kappa shape index (κ1) is 15.8. The molecule has 0 radical (unpaired) electrons. The van der Waals surface area contributed by atoms with Gasteiger partial charge in [-0.15, -0.1) is 0 Å². The van der Waals surface area contributed by atoms with Gasteiger partial charge in [0.05, 0.1) is 24.3 Å². The van der Waals surface area contributed by atoms with Crippen LogP contribution in [0.4, 0.5) is 5.82 Å². The molecule has 3 aromatic rings. The van der Waals surface area contributed by atoms with Crippen LogP contribution in [0.1, 0.15) is 23.8 Å². The minimum atomic E-state index is -0.264. The van der Waals surface area contributed by atoms with E-state index in [1.54, 1.807) is 10.9 Å². The fraction of sp³-hybridized carbons (Fsp3) is 0.333. The Morgan fingerprint density at radius 1 is 1.17 bits per heavy atom. The summed E-state index contributed by atoms with van der Waals surface area (Å²) in [5.41, 5.74) is 1.02. The summed E-state index contributed by atoms with van der Waals surface area (Å²) in [7, 11) is 0. The van der Waals surface area contributed by atoms with E-state index < -0.39 is 0 Å². The molecular weight excluding hydrogens is 308 g/mol. The van der Waals surface area contributed by atoms with Gasteiger partial charge in [-0.1, -0.05) is 6.92 Å². The molecule has 24 heavy (non-hydrogen) atoms. The van der Waals surface area contributed by atoms with Gasteiger partial charge in [-0.25, -0.2) is 19.6 Å². The summed E-state index contributed by atoms with van der Waals surface area (Å²) in [6.07, 6.45) is 8.69. The first-order valence-electron chi connectivity index (χ1n) is 7.74. The van der Waals surface area contributed by atoms with Crippen LogP contribution in [0, 0.1) is 0 Å². The number of carbonyl (C=O) groups excluding carboxylic acids is 1. The van der Waals surface area contributed by atoms with Gasteiger partial charge < -0.3 is 10.6 Å². The van der Waals surface area contributed by atoms with Crippen molar-refractivity contribution in [2.24, 2.45) is 0 Å². The number of hydrogen-bond acceptors (Lipinski definition) is 7. The van der Waals surface area contributed by atoms with E-state index in [0.29, 0.717) is 13.1 Å².